The van der Waals surface area contributed by atoms with Crippen molar-refractivity contribution in [2.24, 2.45) is 0 Å². The molecular weight excluding hydrogens is 341 g/mol. The summed E-state index contributed by atoms with van der Waals surface area (Å²) in [7, 11) is 0. The lowest BCUT2D eigenvalue weighted by Crippen LogP contribution is -2.15. The van der Waals surface area contributed by atoms with Crippen molar-refractivity contribution < 1.29 is 4.79 Å². The first-order valence-electron chi connectivity index (χ1n) is 6.49. The molecule has 5 heteroatoms. The first-order chi connectivity index (χ1) is 10.5. The lowest BCUT2D eigenvalue weighted by molar-refractivity contribution is -0.115. The molecule has 0 aromatic heterocycles. The molecule has 0 bridgehead atoms. The molecule has 0 fully saturated rings. The molecular formula is C17H10Cl3NO. The van der Waals surface area contributed by atoms with Crippen LogP contribution in [0.2, 0.25) is 15.1 Å². The maximum absolute atomic E-state index is 12.1. The van der Waals surface area contributed by atoms with Gasteiger partial charge in [-0.25, -0.2) is 0 Å². The van der Waals surface area contributed by atoms with Crippen LogP contribution >= 0.6 is 34.8 Å². The first-order valence-corrected chi connectivity index (χ1v) is 7.62. The van der Waals surface area contributed by atoms with Crippen molar-refractivity contribution in [3.63, 3.8) is 0 Å². The molecule has 22 heavy (non-hydrogen) atoms. The average molecular weight is 351 g/mol. The van der Waals surface area contributed by atoms with Crippen molar-refractivity contribution in [3.05, 3.63) is 80.3 Å². The zero-order valence-electron chi connectivity index (χ0n) is 11.2. The molecule has 0 unspecified atom stereocenters. The predicted octanol–water partition coefficient (Wildman–Crippen LogP) is 5.20. The molecule has 0 spiro atoms. The van der Waals surface area contributed by atoms with E-state index in [0.717, 1.165) is 16.8 Å². The number of nitrogens with one attached hydrogen (secondary N) is 1. The van der Waals surface area contributed by atoms with Crippen LogP contribution in [0.1, 0.15) is 11.1 Å². The van der Waals surface area contributed by atoms with Crippen molar-refractivity contribution in [2.75, 3.05) is 0 Å². The van der Waals surface area contributed by atoms with Crippen molar-refractivity contribution in [1.82, 2.24) is 5.32 Å². The average Bonchev–Trinajstić information content (AvgIpc) is 2.84. The smallest absolute Gasteiger partial charge is 0.255 e. The highest BCUT2D eigenvalue weighted by molar-refractivity contribution is 6.35. The number of amides is 1. The number of hydrogen-bond donors (Lipinski definition) is 1. The topological polar surface area (TPSA) is 29.1 Å². The molecule has 3 rings (SSSR count). The maximum Gasteiger partial charge on any atom is 0.255 e. The minimum atomic E-state index is -0.170. The van der Waals surface area contributed by atoms with Gasteiger partial charge in [0.2, 0.25) is 0 Å². The van der Waals surface area contributed by atoms with E-state index in [4.69, 9.17) is 34.8 Å². The highest BCUT2D eigenvalue weighted by Gasteiger charge is 2.19. The summed E-state index contributed by atoms with van der Waals surface area (Å²) in [5, 5.41) is 4.54. The van der Waals surface area contributed by atoms with E-state index in [1.165, 1.54) is 0 Å². The van der Waals surface area contributed by atoms with Crippen molar-refractivity contribution in [3.8, 4) is 0 Å². The monoisotopic (exact) mass is 349 g/mol. The predicted molar refractivity (Wildman–Crippen MR) is 92.0 cm³/mol. The molecule has 2 aromatic rings. The highest BCUT2D eigenvalue weighted by atomic mass is 35.5. The minimum Gasteiger partial charge on any atom is -0.321 e. The van der Waals surface area contributed by atoms with Gasteiger partial charge in [-0.2, -0.15) is 0 Å². The van der Waals surface area contributed by atoms with Crippen LogP contribution in [0.25, 0.3) is 11.8 Å². The fraction of sp³-hybridized carbons (Fsp3) is 0. The van der Waals surface area contributed by atoms with Gasteiger partial charge >= 0.3 is 0 Å². The van der Waals surface area contributed by atoms with Gasteiger partial charge in [-0.05, 0) is 47.5 Å². The lowest BCUT2D eigenvalue weighted by atomic mass is 10.1. The number of rotatable bonds is 2. The van der Waals surface area contributed by atoms with Gasteiger partial charge in [0.05, 0.1) is 0 Å². The Morgan fingerprint density at radius 3 is 2.27 bits per heavy atom. The van der Waals surface area contributed by atoms with E-state index in [9.17, 15) is 4.79 Å². The Balaban J connectivity index is 1.95. The normalized spacial score (nSPS) is 15.9. The standard InChI is InChI=1S/C17H10Cl3NO/c18-13-4-1-10(2-5-13)16-8-12(17(22)21-16)7-11-3-6-14(19)9-15(11)20/h1-9H,(H,21,22)/b12-7+. The molecule has 0 atom stereocenters. The van der Waals surface area contributed by atoms with E-state index in [0.29, 0.717) is 20.6 Å². The molecule has 1 amide bonds. The first kappa shape index (κ1) is 15.2. The molecule has 0 saturated heterocycles. The Bertz CT molecular complexity index is 807. The van der Waals surface area contributed by atoms with Gasteiger partial charge in [-0.15, -0.1) is 0 Å². The third-order valence-corrected chi connectivity index (χ3v) is 4.05. The Morgan fingerprint density at radius 2 is 1.59 bits per heavy atom. The van der Waals surface area contributed by atoms with Gasteiger partial charge in [0.1, 0.15) is 0 Å². The van der Waals surface area contributed by atoms with Gasteiger partial charge in [0.25, 0.3) is 5.91 Å². The lowest BCUT2D eigenvalue weighted by Gasteiger charge is -2.02. The largest absolute Gasteiger partial charge is 0.321 e. The Hall–Kier alpha value is -1.74. The van der Waals surface area contributed by atoms with Crippen molar-refractivity contribution >= 4 is 52.5 Å². The molecule has 110 valence electrons. The number of carbonyl (C=O) groups is 1. The maximum atomic E-state index is 12.1. The molecule has 1 heterocycles. The third kappa shape index (κ3) is 3.20. The fourth-order valence-corrected chi connectivity index (χ4v) is 2.72. The fourth-order valence-electron chi connectivity index (χ4n) is 2.13. The summed E-state index contributed by atoms with van der Waals surface area (Å²) in [5.74, 6) is -0.170. The van der Waals surface area contributed by atoms with Crippen LogP contribution in [0.4, 0.5) is 0 Å². The van der Waals surface area contributed by atoms with Gasteiger partial charge in [-0.1, -0.05) is 53.0 Å². The Kier molecular flexibility index (Phi) is 4.25. The molecule has 1 aliphatic heterocycles. The summed E-state index contributed by atoms with van der Waals surface area (Å²) >= 11 is 17.9. The SMILES string of the molecule is O=C1NC(c2ccc(Cl)cc2)=C/C1=C\c1ccc(Cl)cc1Cl. The van der Waals surface area contributed by atoms with Gasteiger partial charge in [0.15, 0.2) is 0 Å². The van der Waals surface area contributed by atoms with E-state index in [2.05, 4.69) is 5.32 Å². The van der Waals surface area contributed by atoms with E-state index >= 15 is 0 Å². The molecule has 1 N–H and O–H groups in total. The zero-order chi connectivity index (χ0) is 15.7. The summed E-state index contributed by atoms with van der Waals surface area (Å²) in [6.07, 6.45) is 3.52. The highest BCUT2D eigenvalue weighted by Crippen LogP contribution is 2.27. The van der Waals surface area contributed by atoms with Crippen molar-refractivity contribution in [2.45, 2.75) is 0 Å². The molecule has 0 radical (unpaired) electrons. The van der Waals surface area contributed by atoms with Crippen LogP contribution in [-0.2, 0) is 4.79 Å². The van der Waals surface area contributed by atoms with Crippen LogP contribution in [0.15, 0.2) is 54.1 Å². The second-order valence-corrected chi connectivity index (χ2v) is 6.06. The van der Waals surface area contributed by atoms with Crippen LogP contribution in [0.3, 0.4) is 0 Å². The third-order valence-electron chi connectivity index (χ3n) is 3.24. The summed E-state index contributed by atoms with van der Waals surface area (Å²) in [5.41, 5.74) is 2.90. The van der Waals surface area contributed by atoms with E-state index in [1.807, 2.05) is 12.1 Å². The van der Waals surface area contributed by atoms with Crippen LogP contribution in [0.5, 0.6) is 0 Å². The minimum absolute atomic E-state index is 0.170. The number of halogens is 3. The van der Waals surface area contributed by atoms with E-state index in [1.54, 1.807) is 42.5 Å². The van der Waals surface area contributed by atoms with Gasteiger partial charge in [0, 0.05) is 26.3 Å². The molecule has 2 aromatic carbocycles. The van der Waals surface area contributed by atoms with E-state index < -0.39 is 0 Å². The molecule has 1 aliphatic rings. The van der Waals surface area contributed by atoms with Crippen LogP contribution < -0.4 is 5.32 Å². The Morgan fingerprint density at radius 1 is 0.909 bits per heavy atom. The van der Waals surface area contributed by atoms with Crippen LogP contribution in [-0.4, -0.2) is 5.91 Å². The van der Waals surface area contributed by atoms with Crippen LogP contribution in [0, 0.1) is 0 Å². The second kappa shape index (κ2) is 6.17. The number of carbonyl (C=O) groups excluding carboxylic acids is 1. The molecule has 0 saturated carbocycles. The summed E-state index contributed by atoms with van der Waals surface area (Å²) in [6, 6.07) is 12.4. The Labute approximate surface area is 143 Å². The van der Waals surface area contributed by atoms with Gasteiger partial charge in [-0.3, -0.25) is 4.79 Å². The quantitative estimate of drug-likeness (QED) is 0.741. The summed E-state index contributed by atoms with van der Waals surface area (Å²) in [4.78, 5) is 12.1. The number of benzene rings is 2. The summed E-state index contributed by atoms with van der Waals surface area (Å²) in [6.45, 7) is 0. The van der Waals surface area contributed by atoms with E-state index in [-0.39, 0.29) is 5.91 Å². The van der Waals surface area contributed by atoms with Crippen molar-refractivity contribution in [1.29, 1.82) is 0 Å². The van der Waals surface area contributed by atoms with Gasteiger partial charge < -0.3 is 5.32 Å². The zero-order valence-corrected chi connectivity index (χ0v) is 13.5. The second-order valence-electron chi connectivity index (χ2n) is 4.78. The molecule has 0 aliphatic carbocycles. The summed E-state index contributed by atoms with van der Waals surface area (Å²) < 4.78 is 0. The molecule has 2 nitrogen and oxygen atoms in total. The number of hydrogen-bond acceptors (Lipinski definition) is 1.